The Hall–Kier alpha value is -2.01. The van der Waals surface area contributed by atoms with E-state index in [0.29, 0.717) is 42.1 Å². The van der Waals surface area contributed by atoms with Gasteiger partial charge in [0.1, 0.15) is 12.1 Å². The SMILES string of the molecule is O=CCCC1C2CC3CC1CC(C(O)CC1c4c(F)cccc4-c4cncn41)(C3)C2. The van der Waals surface area contributed by atoms with Gasteiger partial charge in [-0.05, 0) is 80.1 Å². The number of aromatic nitrogens is 2. The monoisotopic (exact) mass is 408 g/mol. The second kappa shape index (κ2) is 6.74. The van der Waals surface area contributed by atoms with Crippen LogP contribution < -0.4 is 0 Å². The number of benzene rings is 1. The third kappa shape index (κ3) is 2.60. The second-order valence-corrected chi connectivity index (χ2v) is 10.4. The molecular formula is C25H29FN2O2. The highest BCUT2D eigenvalue weighted by molar-refractivity contribution is 5.69. The van der Waals surface area contributed by atoms with E-state index in [2.05, 4.69) is 4.98 Å². The van der Waals surface area contributed by atoms with E-state index in [4.69, 9.17) is 0 Å². The van der Waals surface area contributed by atoms with E-state index in [1.807, 2.05) is 10.6 Å². The van der Waals surface area contributed by atoms with E-state index < -0.39 is 6.10 Å². The molecule has 0 amide bonds. The minimum atomic E-state index is -0.441. The lowest BCUT2D eigenvalue weighted by molar-refractivity contribution is -0.152. The molecule has 4 fully saturated rings. The maximum Gasteiger partial charge on any atom is 0.129 e. The number of hydrogen-bond donors (Lipinski definition) is 1. The Morgan fingerprint density at radius 2 is 2.07 bits per heavy atom. The Morgan fingerprint density at radius 1 is 1.27 bits per heavy atom. The molecule has 1 aromatic heterocycles. The summed E-state index contributed by atoms with van der Waals surface area (Å²) in [7, 11) is 0. The number of aldehydes is 1. The molecule has 5 aliphatic rings. The average molecular weight is 409 g/mol. The van der Waals surface area contributed by atoms with Crippen molar-refractivity contribution < 1.29 is 14.3 Å². The van der Waals surface area contributed by atoms with Crippen molar-refractivity contribution in [1.82, 2.24) is 9.55 Å². The number of nitrogens with zero attached hydrogens (tertiary/aromatic N) is 2. The van der Waals surface area contributed by atoms with Gasteiger partial charge in [-0.3, -0.25) is 0 Å². The summed E-state index contributed by atoms with van der Waals surface area (Å²) in [6.07, 6.45) is 12.2. The van der Waals surface area contributed by atoms with Gasteiger partial charge < -0.3 is 14.5 Å². The fraction of sp³-hybridized carbons (Fsp3) is 0.600. The Bertz CT molecular complexity index is 969. The maximum absolute atomic E-state index is 14.8. The summed E-state index contributed by atoms with van der Waals surface area (Å²) in [4.78, 5) is 15.2. The van der Waals surface area contributed by atoms with Crippen LogP contribution in [0.25, 0.3) is 11.3 Å². The number of aliphatic hydroxyl groups is 1. The Kier molecular flexibility index (Phi) is 4.21. The molecule has 0 radical (unpaired) electrons. The van der Waals surface area contributed by atoms with Crippen molar-refractivity contribution in [2.45, 2.75) is 63.5 Å². The van der Waals surface area contributed by atoms with Gasteiger partial charge in [0, 0.05) is 17.5 Å². The number of imidazole rings is 1. The molecule has 30 heavy (non-hydrogen) atoms. The summed E-state index contributed by atoms with van der Waals surface area (Å²) in [5.74, 6) is 2.45. The number of fused-ring (bicyclic) bond motifs is 3. The number of rotatable bonds is 6. The van der Waals surface area contributed by atoms with Crippen LogP contribution in [0, 0.1) is 34.9 Å². The van der Waals surface area contributed by atoms with Gasteiger partial charge in [0.25, 0.3) is 0 Å². The van der Waals surface area contributed by atoms with Gasteiger partial charge in [0.15, 0.2) is 0 Å². The molecule has 4 unspecified atom stereocenters. The number of hydrogen-bond acceptors (Lipinski definition) is 3. The molecule has 1 aliphatic heterocycles. The maximum atomic E-state index is 14.8. The quantitative estimate of drug-likeness (QED) is 0.701. The predicted molar refractivity (Wildman–Crippen MR) is 111 cm³/mol. The zero-order valence-corrected chi connectivity index (χ0v) is 17.2. The van der Waals surface area contributed by atoms with Crippen LogP contribution in [0.15, 0.2) is 30.7 Å². The first-order valence-corrected chi connectivity index (χ1v) is 11.5. The molecule has 4 saturated carbocycles. The lowest BCUT2D eigenvalue weighted by Crippen LogP contribution is -2.55. The average Bonchev–Trinajstić information content (AvgIpc) is 3.30. The van der Waals surface area contributed by atoms with Crippen molar-refractivity contribution in [2.75, 3.05) is 0 Å². The van der Waals surface area contributed by atoms with E-state index in [1.54, 1.807) is 18.6 Å². The standard InChI is InChI=1S/C25H29FN2O2/c26-20-5-1-3-19-22-13-27-14-28(22)21(24(19)20)9-23(30)25-10-15-7-16(11-25)18(4-2-6-29)17(8-15)12-25/h1,3,5-6,13-18,21,23,30H,2,4,7-12H2. The number of carbonyl (C=O) groups excluding carboxylic acids is 1. The summed E-state index contributed by atoms with van der Waals surface area (Å²) < 4.78 is 16.9. The molecular weight excluding hydrogens is 379 g/mol. The molecule has 1 N–H and O–H groups in total. The molecule has 1 aromatic carbocycles. The molecule has 4 atom stereocenters. The van der Waals surface area contributed by atoms with Gasteiger partial charge in [0.2, 0.25) is 0 Å². The van der Waals surface area contributed by atoms with Crippen molar-refractivity contribution in [3.05, 3.63) is 42.1 Å². The number of carbonyl (C=O) groups is 1. The highest BCUT2D eigenvalue weighted by Gasteiger charge is 2.57. The largest absolute Gasteiger partial charge is 0.392 e. The third-order valence-electron chi connectivity index (χ3n) is 8.95. The molecule has 4 nitrogen and oxygen atoms in total. The summed E-state index contributed by atoms with van der Waals surface area (Å²) in [6, 6.07) is 5.05. The van der Waals surface area contributed by atoms with E-state index >= 15 is 0 Å². The molecule has 2 aromatic rings. The van der Waals surface area contributed by atoms with Gasteiger partial charge in [-0.25, -0.2) is 9.37 Å². The van der Waals surface area contributed by atoms with Crippen molar-refractivity contribution in [1.29, 1.82) is 0 Å². The first kappa shape index (κ1) is 18.7. The normalized spacial score (nSPS) is 36.5. The molecule has 4 aliphatic carbocycles. The van der Waals surface area contributed by atoms with Crippen LogP contribution in [-0.2, 0) is 4.79 Å². The molecule has 5 heteroatoms. The zero-order valence-electron chi connectivity index (χ0n) is 17.2. The second-order valence-electron chi connectivity index (χ2n) is 10.4. The highest BCUT2D eigenvalue weighted by atomic mass is 19.1. The number of aliphatic hydroxyl groups excluding tert-OH is 1. The summed E-state index contributed by atoms with van der Waals surface area (Å²) in [5.41, 5.74) is 2.52. The Labute approximate surface area is 176 Å². The molecule has 0 spiro atoms. The predicted octanol–water partition coefficient (Wildman–Crippen LogP) is 4.76. The summed E-state index contributed by atoms with van der Waals surface area (Å²) in [5, 5.41) is 11.6. The van der Waals surface area contributed by atoms with Crippen molar-refractivity contribution >= 4 is 6.29 Å². The van der Waals surface area contributed by atoms with Crippen LogP contribution in [0.4, 0.5) is 4.39 Å². The topological polar surface area (TPSA) is 55.1 Å². The minimum absolute atomic E-state index is 0.0388. The van der Waals surface area contributed by atoms with Gasteiger partial charge in [-0.2, -0.15) is 0 Å². The zero-order chi connectivity index (χ0) is 20.5. The fourth-order valence-corrected chi connectivity index (χ4v) is 8.02. The molecule has 4 bridgehead atoms. The lowest BCUT2D eigenvalue weighted by atomic mass is 9.44. The minimum Gasteiger partial charge on any atom is -0.392 e. The van der Waals surface area contributed by atoms with E-state index in [9.17, 15) is 14.3 Å². The fourth-order valence-electron chi connectivity index (χ4n) is 8.02. The van der Waals surface area contributed by atoms with Crippen LogP contribution in [-0.4, -0.2) is 27.0 Å². The van der Waals surface area contributed by atoms with Crippen molar-refractivity contribution in [3.8, 4) is 11.3 Å². The van der Waals surface area contributed by atoms with E-state index in [0.717, 1.165) is 43.2 Å². The van der Waals surface area contributed by atoms with Gasteiger partial charge in [0.05, 0.1) is 30.4 Å². The van der Waals surface area contributed by atoms with Crippen LogP contribution in [0.2, 0.25) is 0 Å². The Balaban J connectivity index is 1.28. The van der Waals surface area contributed by atoms with Crippen LogP contribution in [0.3, 0.4) is 0 Å². The summed E-state index contributed by atoms with van der Waals surface area (Å²) in [6.45, 7) is 0. The van der Waals surface area contributed by atoms with Gasteiger partial charge in [-0.1, -0.05) is 12.1 Å². The number of halogens is 1. The van der Waals surface area contributed by atoms with Crippen LogP contribution >= 0.6 is 0 Å². The molecule has 7 rings (SSSR count). The molecule has 0 saturated heterocycles. The Morgan fingerprint density at radius 3 is 2.83 bits per heavy atom. The third-order valence-corrected chi connectivity index (χ3v) is 8.95. The van der Waals surface area contributed by atoms with Crippen molar-refractivity contribution in [2.24, 2.45) is 29.1 Å². The summed E-state index contributed by atoms with van der Waals surface area (Å²) >= 11 is 0. The first-order valence-electron chi connectivity index (χ1n) is 11.5. The van der Waals surface area contributed by atoms with Crippen LogP contribution in [0.5, 0.6) is 0 Å². The van der Waals surface area contributed by atoms with Crippen molar-refractivity contribution in [3.63, 3.8) is 0 Å². The molecule has 158 valence electrons. The highest BCUT2D eigenvalue weighted by Crippen LogP contribution is 2.65. The van der Waals surface area contributed by atoms with Gasteiger partial charge >= 0.3 is 0 Å². The van der Waals surface area contributed by atoms with Gasteiger partial charge in [-0.15, -0.1) is 0 Å². The smallest absolute Gasteiger partial charge is 0.129 e. The first-order chi connectivity index (χ1) is 14.6. The van der Waals surface area contributed by atoms with E-state index in [-0.39, 0.29) is 17.3 Å². The van der Waals surface area contributed by atoms with E-state index in [1.165, 1.54) is 18.9 Å². The van der Waals surface area contributed by atoms with Crippen LogP contribution in [0.1, 0.15) is 63.0 Å². The lowest BCUT2D eigenvalue weighted by Gasteiger charge is -2.62. The molecule has 2 heterocycles.